The Morgan fingerprint density at radius 2 is 2.00 bits per heavy atom. The molecular formula is C16H19N5O2. The van der Waals surface area contributed by atoms with E-state index in [9.17, 15) is 0 Å². The maximum absolute atomic E-state index is 5.33. The van der Waals surface area contributed by atoms with Crippen LogP contribution in [0.3, 0.4) is 0 Å². The molecular weight excluding hydrogens is 294 g/mol. The van der Waals surface area contributed by atoms with E-state index in [-0.39, 0.29) is 0 Å². The van der Waals surface area contributed by atoms with Crippen LogP contribution in [0, 0.1) is 0 Å². The minimum absolute atomic E-state index is 0.565. The van der Waals surface area contributed by atoms with Crippen LogP contribution < -0.4 is 4.74 Å². The molecule has 7 nitrogen and oxygen atoms in total. The molecule has 0 radical (unpaired) electrons. The number of rotatable bonds is 6. The van der Waals surface area contributed by atoms with Crippen LogP contribution in [0.2, 0.25) is 0 Å². The van der Waals surface area contributed by atoms with Crippen LogP contribution in [-0.4, -0.2) is 38.7 Å². The van der Waals surface area contributed by atoms with Crippen molar-refractivity contribution in [3.8, 4) is 17.1 Å². The van der Waals surface area contributed by atoms with Gasteiger partial charge in [-0.25, -0.2) is 4.98 Å². The summed E-state index contributed by atoms with van der Waals surface area (Å²) >= 11 is 0. The number of nitrogens with zero attached hydrogens (tertiary/aromatic N) is 5. The van der Waals surface area contributed by atoms with Gasteiger partial charge in [0.2, 0.25) is 11.7 Å². The van der Waals surface area contributed by atoms with E-state index in [4.69, 9.17) is 9.26 Å². The van der Waals surface area contributed by atoms with E-state index < -0.39 is 0 Å². The van der Waals surface area contributed by atoms with Crippen LogP contribution in [0.5, 0.6) is 5.75 Å². The van der Waals surface area contributed by atoms with Crippen LogP contribution in [0.25, 0.3) is 11.4 Å². The highest BCUT2D eigenvalue weighted by Gasteiger charge is 2.12. The van der Waals surface area contributed by atoms with E-state index >= 15 is 0 Å². The van der Waals surface area contributed by atoms with Crippen molar-refractivity contribution in [2.24, 2.45) is 7.05 Å². The SMILES string of the molecule is COc1ccc(-c2noc(CN(C)Cc3nccn3C)n2)cc1. The molecule has 0 spiro atoms. The summed E-state index contributed by atoms with van der Waals surface area (Å²) in [6.45, 7) is 1.28. The zero-order valence-electron chi connectivity index (χ0n) is 13.4. The Labute approximate surface area is 134 Å². The van der Waals surface area contributed by atoms with Crippen molar-refractivity contribution in [2.75, 3.05) is 14.2 Å². The number of benzene rings is 1. The summed E-state index contributed by atoms with van der Waals surface area (Å²) in [7, 11) is 5.61. The predicted octanol–water partition coefficient (Wildman–Crippen LogP) is 2.11. The average molecular weight is 313 g/mol. The fourth-order valence-corrected chi connectivity index (χ4v) is 2.25. The van der Waals surface area contributed by atoms with Gasteiger partial charge in [0.05, 0.1) is 20.2 Å². The molecule has 7 heteroatoms. The first-order valence-corrected chi connectivity index (χ1v) is 7.27. The third kappa shape index (κ3) is 3.57. The molecule has 0 saturated carbocycles. The van der Waals surface area contributed by atoms with Crippen LogP contribution >= 0.6 is 0 Å². The van der Waals surface area contributed by atoms with Gasteiger partial charge in [0, 0.05) is 25.0 Å². The van der Waals surface area contributed by atoms with E-state index in [1.807, 2.05) is 49.1 Å². The maximum Gasteiger partial charge on any atom is 0.241 e. The third-order valence-corrected chi connectivity index (χ3v) is 3.55. The van der Waals surface area contributed by atoms with Gasteiger partial charge in [-0.3, -0.25) is 4.90 Å². The van der Waals surface area contributed by atoms with Gasteiger partial charge in [-0.05, 0) is 31.3 Å². The van der Waals surface area contributed by atoms with Gasteiger partial charge < -0.3 is 13.8 Å². The maximum atomic E-state index is 5.33. The van der Waals surface area contributed by atoms with E-state index in [1.165, 1.54) is 0 Å². The lowest BCUT2D eigenvalue weighted by molar-refractivity contribution is 0.254. The van der Waals surface area contributed by atoms with Gasteiger partial charge in [-0.15, -0.1) is 0 Å². The Balaban J connectivity index is 1.65. The Kier molecular flexibility index (Phi) is 4.38. The molecule has 0 aliphatic carbocycles. The van der Waals surface area contributed by atoms with E-state index in [0.717, 1.165) is 17.1 Å². The summed E-state index contributed by atoms with van der Waals surface area (Å²) in [6, 6.07) is 7.56. The second kappa shape index (κ2) is 6.62. The standard InChI is InChI=1S/C16H19N5O2/c1-20(10-14-17-8-9-21(14)2)11-15-18-16(19-23-15)12-4-6-13(22-3)7-5-12/h4-9H,10-11H2,1-3H3. The number of imidazole rings is 1. The van der Waals surface area contributed by atoms with Crippen molar-refractivity contribution in [3.63, 3.8) is 0 Å². The molecule has 0 amide bonds. The Bertz CT molecular complexity index is 763. The molecule has 0 bridgehead atoms. The van der Waals surface area contributed by atoms with Gasteiger partial charge in [-0.1, -0.05) is 5.16 Å². The van der Waals surface area contributed by atoms with Crippen LogP contribution in [0.15, 0.2) is 41.2 Å². The molecule has 2 heterocycles. The van der Waals surface area contributed by atoms with Crippen molar-refractivity contribution < 1.29 is 9.26 Å². The molecule has 3 aromatic rings. The first kappa shape index (κ1) is 15.2. The summed E-state index contributed by atoms with van der Waals surface area (Å²) in [6.07, 6.45) is 3.72. The summed E-state index contributed by atoms with van der Waals surface area (Å²) in [5.74, 6) is 2.94. The smallest absolute Gasteiger partial charge is 0.241 e. The molecule has 0 aliphatic rings. The molecule has 3 rings (SSSR count). The second-order valence-electron chi connectivity index (χ2n) is 5.37. The molecule has 0 aliphatic heterocycles. The van der Waals surface area contributed by atoms with E-state index in [1.54, 1.807) is 13.3 Å². The first-order valence-electron chi connectivity index (χ1n) is 7.27. The Hall–Kier alpha value is -2.67. The molecule has 0 unspecified atom stereocenters. The largest absolute Gasteiger partial charge is 0.497 e. The number of methoxy groups -OCH3 is 1. The quantitative estimate of drug-likeness (QED) is 0.694. The topological polar surface area (TPSA) is 69.2 Å². The number of ether oxygens (including phenoxy) is 1. The van der Waals surface area contributed by atoms with Crippen molar-refractivity contribution in [2.45, 2.75) is 13.1 Å². The van der Waals surface area contributed by atoms with E-state index in [0.29, 0.717) is 24.8 Å². The molecule has 23 heavy (non-hydrogen) atoms. The van der Waals surface area contributed by atoms with Gasteiger partial charge in [-0.2, -0.15) is 4.98 Å². The minimum atomic E-state index is 0.565. The normalized spacial score (nSPS) is 11.1. The first-order chi connectivity index (χ1) is 11.2. The number of hydrogen-bond donors (Lipinski definition) is 0. The number of aryl methyl sites for hydroxylation is 1. The van der Waals surface area contributed by atoms with Gasteiger partial charge in [0.25, 0.3) is 0 Å². The van der Waals surface area contributed by atoms with Crippen LogP contribution in [0.1, 0.15) is 11.7 Å². The average Bonchev–Trinajstić information content (AvgIpc) is 3.17. The molecule has 0 saturated heterocycles. The van der Waals surface area contributed by atoms with Crippen LogP contribution in [-0.2, 0) is 20.1 Å². The van der Waals surface area contributed by atoms with Gasteiger partial charge >= 0.3 is 0 Å². The summed E-state index contributed by atoms with van der Waals surface area (Å²) in [5, 5.41) is 4.04. The summed E-state index contributed by atoms with van der Waals surface area (Å²) in [5.41, 5.74) is 0.896. The third-order valence-electron chi connectivity index (χ3n) is 3.55. The molecule has 1 aromatic carbocycles. The van der Waals surface area contributed by atoms with E-state index in [2.05, 4.69) is 20.0 Å². The lowest BCUT2D eigenvalue weighted by Gasteiger charge is -2.13. The number of aromatic nitrogens is 4. The van der Waals surface area contributed by atoms with Crippen molar-refractivity contribution in [1.82, 2.24) is 24.6 Å². The van der Waals surface area contributed by atoms with Crippen LogP contribution in [0.4, 0.5) is 0 Å². The highest BCUT2D eigenvalue weighted by atomic mass is 16.5. The summed E-state index contributed by atoms with van der Waals surface area (Å²) in [4.78, 5) is 10.8. The van der Waals surface area contributed by atoms with Gasteiger partial charge in [0.1, 0.15) is 11.6 Å². The molecule has 0 atom stereocenters. The Morgan fingerprint density at radius 1 is 1.22 bits per heavy atom. The predicted molar refractivity (Wildman–Crippen MR) is 84.7 cm³/mol. The second-order valence-corrected chi connectivity index (χ2v) is 5.37. The highest BCUT2D eigenvalue weighted by Crippen LogP contribution is 2.20. The number of hydrogen-bond acceptors (Lipinski definition) is 6. The molecule has 120 valence electrons. The highest BCUT2D eigenvalue weighted by molar-refractivity contribution is 5.55. The monoisotopic (exact) mass is 313 g/mol. The van der Waals surface area contributed by atoms with Crippen molar-refractivity contribution in [3.05, 3.63) is 48.4 Å². The molecule has 0 fully saturated rings. The Morgan fingerprint density at radius 3 is 2.65 bits per heavy atom. The van der Waals surface area contributed by atoms with Gasteiger partial charge in [0.15, 0.2) is 0 Å². The molecule has 2 aromatic heterocycles. The fourth-order valence-electron chi connectivity index (χ4n) is 2.25. The zero-order chi connectivity index (χ0) is 16.2. The summed E-state index contributed by atoms with van der Waals surface area (Å²) < 4.78 is 12.5. The zero-order valence-corrected chi connectivity index (χ0v) is 13.4. The van der Waals surface area contributed by atoms with Crippen molar-refractivity contribution >= 4 is 0 Å². The molecule has 0 N–H and O–H groups in total. The van der Waals surface area contributed by atoms with Crippen molar-refractivity contribution in [1.29, 1.82) is 0 Å². The minimum Gasteiger partial charge on any atom is -0.497 e. The lowest BCUT2D eigenvalue weighted by Crippen LogP contribution is -2.19. The lowest BCUT2D eigenvalue weighted by atomic mass is 10.2. The fraction of sp³-hybridized carbons (Fsp3) is 0.312.